The van der Waals surface area contributed by atoms with Gasteiger partial charge in [-0.2, -0.15) is 0 Å². The molecule has 0 saturated carbocycles. The number of amides is 1. The SMILES string of the molecule is CCOc1ccc(N(CC(=O)N[C@@H](C)c2ccc(C(C)(C)C)cc2)S(C)(=O)=O)cc1. The summed E-state index contributed by atoms with van der Waals surface area (Å²) in [5.41, 5.74) is 2.64. The van der Waals surface area contributed by atoms with E-state index < -0.39 is 10.0 Å². The molecule has 0 unspecified atom stereocenters. The third-order valence-corrected chi connectivity index (χ3v) is 5.92. The quantitative estimate of drug-likeness (QED) is 0.683. The summed E-state index contributed by atoms with van der Waals surface area (Å²) in [6.07, 6.45) is 1.09. The van der Waals surface area contributed by atoms with Crippen LogP contribution in [-0.2, 0) is 20.2 Å². The third-order valence-electron chi connectivity index (χ3n) is 4.78. The van der Waals surface area contributed by atoms with Gasteiger partial charge in [0.15, 0.2) is 0 Å². The van der Waals surface area contributed by atoms with Crippen LogP contribution in [0.15, 0.2) is 48.5 Å². The van der Waals surface area contributed by atoms with Crippen LogP contribution in [0.25, 0.3) is 0 Å². The van der Waals surface area contributed by atoms with Crippen LogP contribution in [0.5, 0.6) is 5.75 Å². The molecule has 0 aliphatic rings. The fourth-order valence-corrected chi connectivity index (χ4v) is 3.90. The minimum atomic E-state index is -3.63. The first kappa shape index (κ1) is 23.7. The first-order valence-corrected chi connectivity index (χ1v) is 11.9. The number of hydrogen-bond donors (Lipinski definition) is 1. The second-order valence-corrected chi connectivity index (χ2v) is 10.3. The molecule has 1 atom stereocenters. The van der Waals surface area contributed by atoms with Gasteiger partial charge in [-0.05, 0) is 54.7 Å². The maximum atomic E-state index is 12.6. The van der Waals surface area contributed by atoms with Crippen molar-refractivity contribution in [2.24, 2.45) is 0 Å². The molecule has 0 fully saturated rings. The third kappa shape index (κ3) is 6.49. The highest BCUT2D eigenvalue weighted by molar-refractivity contribution is 7.92. The number of rotatable bonds is 8. The summed E-state index contributed by atoms with van der Waals surface area (Å²) in [4.78, 5) is 12.6. The molecule has 1 amide bonds. The topological polar surface area (TPSA) is 75.7 Å². The zero-order valence-electron chi connectivity index (χ0n) is 18.6. The van der Waals surface area contributed by atoms with E-state index in [4.69, 9.17) is 4.74 Å². The van der Waals surface area contributed by atoms with E-state index in [0.717, 1.165) is 16.1 Å². The summed E-state index contributed by atoms with van der Waals surface area (Å²) in [5.74, 6) is 0.271. The maximum Gasteiger partial charge on any atom is 0.241 e. The molecule has 2 rings (SSSR count). The summed E-state index contributed by atoms with van der Waals surface area (Å²) in [6.45, 7) is 10.4. The van der Waals surface area contributed by atoms with Crippen molar-refractivity contribution >= 4 is 21.6 Å². The van der Waals surface area contributed by atoms with E-state index in [1.807, 2.05) is 26.0 Å². The molecule has 2 aromatic rings. The van der Waals surface area contributed by atoms with Crippen molar-refractivity contribution in [2.45, 2.75) is 46.1 Å². The molecule has 0 bridgehead atoms. The second kappa shape index (κ2) is 9.51. The van der Waals surface area contributed by atoms with E-state index in [-0.39, 0.29) is 23.9 Å². The minimum absolute atomic E-state index is 0.0543. The number of ether oxygens (including phenoxy) is 1. The van der Waals surface area contributed by atoms with Crippen LogP contribution in [0.3, 0.4) is 0 Å². The Morgan fingerprint density at radius 1 is 1.07 bits per heavy atom. The lowest BCUT2D eigenvalue weighted by Crippen LogP contribution is -2.41. The Hall–Kier alpha value is -2.54. The van der Waals surface area contributed by atoms with Crippen molar-refractivity contribution in [1.82, 2.24) is 5.32 Å². The molecule has 0 heterocycles. The van der Waals surface area contributed by atoms with Crippen LogP contribution >= 0.6 is 0 Å². The number of carbonyl (C=O) groups is 1. The number of carbonyl (C=O) groups excluding carboxylic acids is 1. The standard InChI is InChI=1S/C23H32N2O4S/c1-7-29-21-14-12-20(13-15-21)25(30(6,27)28)16-22(26)24-17(2)18-8-10-19(11-9-18)23(3,4)5/h8-15,17H,7,16H2,1-6H3,(H,24,26)/t17-/m0/s1. The van der Waals surface area contributed by atoms with Gasteiger partial charge in [-0.3, -0.25) is 9.10 Å². The molecule has 30 heavy (non-hydrogen) atoms. The molecule has 0 aliphatic carbocycles. The number of benzene rings is 2. The summed E-state index contributed by atoms with van der Waals surface area (Å²) >= 11 is 0. The smallest absolute Gasteiger partial charge is 0.241 e. The highest BCUT2D eigenvalue weighted by Gasteiger charge is 2.22. The molecule has 1 N–H and O–H groups in total. The highest BCUT2D eigenvalue weighted by atomic mass is 32.2. The molecule has 7 heteroatoms. The van der Waals surface area contributed by atoms with E-state index in [2.05, 4.69) is 38.2 Å². The zero-order chi connectivity index (χ0) is 22.5. The Bertz CT molecular complexity index is 946. The number of hydrogen-bond acceptors (Lipinski definition) is 4. The fourth-order valence-electron chi connectivity index (χ4n) is 3.05. The van der Waals surface area contributed by atoms with Crippen molar-refractivity contribution in [2.75, 3.05) is 23.7 Å². The van der Waals surface area contributed by atoms with Gasteiger partial charge in [0, 0.05) is 0 Å². The van der Waals surface area contributed by atoms with Crippen LogP contribution in [0.1, 0.15) is 51.8 Å². The monoisotopic (exact) mass is 432 g/mol. The Morgan fingerprint density at radius 2 is 1.63 bits per heavy atom. The van der Waals surface area contributed by atoms with Crippen molar-refractivity contribution in [1.29, 1.82) is 0 Å². The lowest BCUT2D eigenvalue weighted by atomic mass is 9.86. The molecule has 0 spiro atoms. The molecule has 0 radical (unpaired) electrons. The van der Waals surface area contributed by atoms with Gasteiger partial charge in [0.1, 0.15) is 12.3 Å². The van der Waals surface area contributed by atoms with E-state index in [1.165, 1.54) is 5.56 Å². The predicted octanol–water partition coefficient (Wildman–Crippen LogP) is 4.03. The molecular weight excluding hydrogens is 400 g/mol. The highest BCUT2D eigenvalue weighted by Crippen LogP contribution is 2.24. The molecule has 0 aliphatic heterocycles. The van der Waals surface area contributed by atoms with Crippen LogP contribution in [0.2, 0.25) is 0 Å². The Labute approximate surface area is 180 Å². The summed E-state index contributed by atoms with van der Waals surface area (Å²) in [7, 11) is -3.63. The van der Waals surface area contributed by atoms with Gasteiger partial charge in [0.05, 0.1) is 24.6 Å². The van der Waals surface area contributed by atoms with Gasteiger partial charge in [-0.1, -0.05) is 45.0 Å². The van der Waals surface area contributed by atoms with Crippen LogP contribution in [0, 0.1) is 0 Å². The van der Waals surface area contributed by atoms with Gasteiger partial charge in [-0.25, -0.2) is 8.42 Å². The van der Waals surface area contributed by atoms with Gasteiger partial charge < -0.3 is 10.1 Å². The lowest BCUT2D eigenvalue weighted by Gasteiger charge is -2.24. The van der Waals surface area contributed by atoms with Crippen molar-refractivity contribution in [3.8, 4) is 5.75 Å². The number of nitrogens with zero attached hydrogens (tertiary/aromatic N) is 1. The van der Waals surface area contributed by atoms with Crippen LogP contribution in [-0.4, -0.2) is 33.7 Å². The van der Waals surface area contributed by atoms with Crippen LogP contribution in [0.4, 0.5) is 5.69 Å². The van der Waals surface area contributed by atoms with Gasteiger partial charge in [0.25, 0.3) is 0 Å². The predicted molar refractivity (Wildman–Crippen MR) is 122 cm³/mol. The van der Waals surface area contributed by atoms with Crippen molar-refractivity contribution < 1.29 is 17.9 Å². The molecule has 0 aromatic heterocycles. The first-order valence-electron chi connectivity index (χ1n) is 10.0. The fraction of sp³-hybridized carbons (Fsp3) is 0.435. The molecule has 2 aromatic carbocycles. The molecule has 164 valence electrons. The second-order valence-electron chi connectivity index (χ2n) is 8.36. The molecule has 6 nitrogen and oxygen atoms in total. The Kier molecular flexibility index (Phi) is 7.53. The van der Waals surface area contributed by atoms with Gasteiger partial charge in [-0.15, -0.1) is 0 Å². The number of nitrogens with one attached hydrogen (secondary N) is 1. The number of sulfonamides is 1. The summed E-state index contributed by atoms with van der Waals surface area (Å²) in [5, 5.41) is 2.89. The van der Waals surface area contributed by atoms with Crippen molar-refractivity contribution in [3.63, 3.8) is 0 Å². The Morgan fingerprint density at radius 3 is 2.10 bits per heavy atom. The largest absolute Gasteiger partial charge is 0.494 e. The average Bonchev–Trinajstić information content (AvgIpc) is 2.66. The van der Waals surface area contributed by atoms with Gasteiger partial charge >= 0.3 is 0 Å². The number of anilines is 1. The average molecular weight is 433 g/mol. The van der Waals surface area contributed by atoms with E-state index in [9.17, 15) is 13.2 Å². The summed E-state index contributed by atoms with van der Waals surface area (Å²) < 4.78 is 31.0. The van der Waals surface area contributed by atoms with Crippen molar-refractivity contribution in [3.05, 3.63) is 59.7 Å². The Balaban J connectivity index is 2.10. The zero-order valence-corrected chi connectivity index (χ0v) is 19.4. The molecule has 0 saturated heterocycles. The van der Waals surface area contributed by atoms with E-state index in [1.54, 1.807) is 24.3 Å². The van der Waals surface area contributed by atoms with E-state index >= 15 is 0 Å². The van der Waals surface area contributed by atoms with Gasteiger partial charge in [0.2, 0.25) is 15.9 Å². The van der Waals surface area contributed by atoms with Crippen LogP contribution < -0.4 is 14.4 Å². The lowest BCUT2D eigenvalue weighted by molar-refractivity contribution is -0.120. The molecular formula is C23H32N2O4S. The normalized spacial score (nSPS) is 12.9. The first-order chi connectivity index (χ1) is 13.9. The minimum Gasteiger partial charge on any atom is -0.494 e. The summed E-state index contributed by atoms with van der Waals surface area (Å²) in [6, 6.07) is 14.5. The van der Waals surface area contributed by atoms with E-state index in [0.29, 0.717) is 18.0 Å². The maximum absolute atomic E-state index is 12.6.